The van der Waals surface area contributed by atoms with Crippen LogP contribution in [-0.2, 0) is 4.74 Å². The van der Waals surface area contributed by atoms with Gasteiger partial charge in [-0.25, -0.2) is 0 Å². The summed E-state index contributed by atoms with van der Waals surface area (Å²) in [7, 11) is 0. The molecule has 1 heterocycles. The number of halogens is 1. The Morgan fingerprint density at radius 1 is 0.957 bits per heavy atom. The van der Waals surface area contributed by atoms with E-state index in [1.54, 1.807) is 12.1 Å². The molecule has 23 heavy (non-hydrogen) atoms. The molecule has 0 aliphatic carbocycles. The van der Waals surface area contributed by atoms with E-state index in [1.165, 1.54) is 0 Å². The first-order valence-corrected chi connectivity index (χ1v) is 7.95. The summed E-state index contributed by atoms with van der Waals surface area (Å²) in [5.74, 6) is 0.448. The summed E-state index contributed by atoms with van der Waals surface area (Å²) in [5, 5.41) is 40.6. The summed E-state index contributed by atoms with van der Waals surface area (Å²) in [6.07, 6.45) is -6.45. The number of ether oxygens (including phenoxy) is 2. The van der Waals surface area contributed by atoms with E-state index < -0.39 is 37.3 Å². The molecular weight excluding hydrogens is 368 g/mol. The van der Waals surface area contributed by atoms with Gasteiger partial charge < -0.3 is 29.9 Å². The van der Waals surface area contributed by atoms with Crippen molar-refractivity contribution in [3.63, 3.8) is 0 Å². The van der Waals surface area contributed by atoms with Crippen molar-refractivity contribution in [3.8, 4) is 5.75 Å². The van der Waals surface area contributed by atoms with Crippen LogP contribution in [0.4, 0.5) is 0 Å². The molecule has 0 aromatic heterocycles. The lowest BCUT2D eigenvalue weighted by Crippen LogP contribution is -2.60. The van der Waals surface area contributed by atoms with Gasteiger partial charge in [-0.2, -0.15) is 0 Å². The zero-order valence-corrected chi connectivity index (χ0v) is 13.6. The molecule has 4 N–H and O–H groups in total. The Kier molecular flexibility index (Phi) is 4.86. The fourth-order valence-corrected chi connectivity index (χ4v) is 2.95. The van der Waals surface area contributed by atoms with Gasteiger partial charge in [0, 0.05) is 4.47 Å². The second kappa shape index (κ2) is 6.72. The highest BCUT2D eigenvalue weighted by atomic mass is 79.9. The summed E-state index contributed by atoms with van der Waals surface area (Å²) < 4.78 is 11.9. The van der Waals surface area contributed by atoms with Crippen LogP contribution in [0.2, 0.25) is 0 Å². The average Bonchev–Trinajstić information content (AvgIpc) is 2.55. The maximum absolute atomic E-state index is 9.98. The molecule has 124 valence electrons. The molecule has 1 saturated heterocycles. The summed E-state index contributed by atoms with van der Waals surface area (Å²) in [6.45, 7) is -0.490. The van der Waals surface area contributed by atoms with Crippen molar-refractivity contribution in [3.05, 3.63) is 40.9 Å². The van der Waals surface area contributed by atoms with Crippen LogP contribution in [0, 0.1) is 0 Å². The SMILES string of the molecule is OC[C@@H]1O[C@@H](Oc2ccc3cc(Br)ccc3c2)[C@@H](O)[C@H](O)[C@H]1O. The Morgan fingerprint density at radius 2 is 1.65 bits per heavy atom. The molecule has 1 aliphatic heterocycles. The van der Waals surface area contributed by atoms with Crippen LogP contribution in [-0.4, -0.2) is 57.7 Å². The van der Waals surface area contributed by atoms with Crippen molar-refractivity contribution in [2.45, 2.75) is 30.7 Å². The Morgan fingerprint density at radius 3 is 2.39 bits per heavy atom. The first kappa shape index (κ1) is 16.6. The van der Waals surface area contributed by atoms with Crippen LogP contribution in [0.15, 0.2) is 40.9 Å². The van der Waals surface area contributed by atoms with Crippen LogP contribution in [0.3, 0.4) is 0 Å². The lowest BCUT2D eigenvalue weighted by Gasteiger charge is -2.39. The number of benzene rings is 2. The smallest absolute Gasteiger partial charge is 0.229 e. The highest BCUT2D eigenvalue weighted by Gasteiger charge is 2.44. The van der Waals surface area contributed by atoms with E-state index in [0.29, 0.717) is 5.75 Å². The topological polar surface area (TPSA) is 99.4 Å². The average molecular weight is 385 g/mol. The summed E-state index contributed by atoms with van der Waals surface area (Å²) in [5.41, 5.74) is 0. The molecule has 1 aliphatic rings. The number of fused-ring (bicyclic) bond motifs is 1. The summed E-state index contributed by atoms with van der Waals surface area (Å²) in [6, 6.07) is 11.1. The van der Waals surface area contributed by atoms with E-state index in [0.717, 1.165) is 15.2 Å². The molecule has 1 fully saturated rings. The van der Waals surface area contributed by atoms with Crippen molar-refractivity contribution in [1.29, 1.82) is 0 Å². The van der Waals surface area contributed by atoms with Gasteiger partial charge in [0.15, 0.2) is 0 Å². The van der Waals surface area contributed by atoms with Crippen molar-refractivity contribution in [2.75, 3.05) is 6.61 Å². The zero-order valence-electron chi connectivity index (χ0n) is 12.0. The Hall–Kier alpha value is -1.22. The van der Waals surface area contributed by atoms with E-state index in [2.05, 4.69) is 15.9 Å². The third kappa shape index (κ3) is 3.35. The van der Waals surface area contributed by atoms with Crippen molar-refractivity contribution >= 4 is 26.7 Å². The summed E-state index contributed by atoms with van der Waals surface area (Å²) >= 11 is 3.41. The molecule has 0 radical (unpaired) electrons. The van der Waals surface area contributed by atoms with Crippen molar-refractivity contribution in [2.24, 2.45) is 0 Å². The van der Waals surface area contributed by atoms with Gasteiger partial charge >= 0.3 is 0 Å². The fraction of sp³-hybridized carbons (Fsp3) is 0.375. The molecule has 0 saturated carbocycles. The van der Waals surface area contributed by atoms with Gasteiger partial charge in [-0.3, -0.25) is 0 Å². The second-order valence-corrected chi connectivity index (χ2v) is 6.38. The zero-order chi connectivity index (χ0) is 16.6. The molecule has 2 aromatic carbocycles. The van der Waals surface area contributed by atoms with E-state index in [4.69, 9.17) is 9.47 Å². The standard InChI is InChI=1S/C16H17BrO6/c17-10-3-1-9-6-11(4-2-8(9)5-10)22-16-15(21)14(20)13(19)12(7-18)23-16/h1-6,12-16,18-21H,7H2/t12-,13-,14+,15-,16+/m0/s1. The van der Waals surface area contributed by atoms with Crippen LogP contribution in [0.5, 0.6) is 5.75 Å². The van der Waals surface area contributed by atoms with Gasteiger partial charge in [0.25, 0.3) is 0 Å². The lowest BCUT2D eigenvalue weighted by atomic mass is 9.99. The molecule has 2 aromatic rings. The van der Waals surface area contributed by atoms with E-state index in [1.807, 2.05) is 24.3 Å². The molecule has 0 spiro atoms. The molecule has 0 unspecified atom stereocenters. The van der Waals surface area contributed by atoms with E-state index in [-0.39, 0.29) is 0 Å². The number of rotatable bonds is 3. The molecule has 5 atom stereocenters. The van der Waals surface area contributed by atoms with Crippen molar-refractivity contribution in [1.82, 2.24) is 0 Å². The van der Waals surface area contributed by atoms with Gasteiger partial charge in [0.2, 0.25) is 6.29 Å². The molecule has 0 amide bonds. The van der Waals surface area contributed by atoms with E-state index in [9.17, 15) is 20.4 Å². The van der Waals surface area contributed by atoms with Crippen LogP contribution in [0.25, 0.3) is 10.8 Å². The van der Waals surface area contributed by atoms with Crippen LogP contribution < -0.4 is 4.74 Å². The molecule has 7 heteroatoms. The molecule has 3 rings (SSSR count). The fourth-order valence-electron chi connectivity index (χ4n) is 2.57. The maximum Gasteiger partial charge on any atom is 0.229 e. The van der Waals surface area contributed by atoms with Crippen molar-refractivity contribution < 1.29 is 29.9 Å². The number of aliphatic hydroxyl groups is 4. The second-order valence-electron chi connectivity index (χ2n) is 5.47. The monoisotopic (exact) mass is 384 g/mol. The predicted octanol–water partition coefficient (Wildman–Crippen LogP) is 0.781. The Labute approximate surface area is 141 Å². The minimum Gasteiger partial charge on any atom is -0.462 e. The largest absolute Gasteiger partial charge is 0.462 e. The first-order chi connectivity index (χ1) is 11.0. The van der Waals surface area contributed by atoms with Crippen LogP contribution in [0.1, 0.15) is 0 Å². The highest BCUT2D eigenvalue weighted by molar-refractivity contribution is 9.10. The highest BCUT2D eigenvalue weighted by Crippen LogP contribution is 2.28. The predicted molar refractivity (Wildman–Crippen MR) is 86.0 cm³/mol. The van der Waals surface area contributed by atoms with Gasteiger partial charge in [-0.1, -0.05) is 28.1 Å². The van der Waals surface area contributed by atoms with E-state index >= 15 is 0 Å². The third-order valence-corrected chi connectivity index (χ3v) is 4.37. The Bertz CT molecular complexity index is 691. The minimum atomic E-state index is -1.46. The van der Waals surface area contributed by atoms with Crippen LogP contribution >= 0.6 is 15.9 Å². The summed E-state index contributed by atoms with van der Waals surface area (Å²) in [4.78, 5) is 0. The number of hydrogen-bond acceptors (Lipinski definition) is 6. The first-order valence-electron chi connectivity index (χ1n) is 7.16. The minimum absolute atomic E-state index is 0.448. The van der Waals surface area contributed by atoms with Gasteiger partial charge in [-0.05, 0) is 35.0 Å². The normalized spacial score (nSPS) is 31.3. The third-order valence-electron chi connectivity index (χ3n) is 3.87. The Balaban J connectivity index is 1.81. The maximum atomic E-state index is 9.98. The molecular formula is C16H17BrO6. The van der Waals surface area contributed by atoms with Gasteiger partial charge in [-0.15, -0.1) is 0 Å². The van der Waals surface area contributed by atoms with Gasteiger partial charge in [0.05, 0.1) is 6.61 Å². The molecule has 6 nitrogen and oxygen atoms in total. The number of hydrogen-bond donors (Lipinski definition) is 4. The lowest BCUT2D eigenvalue weighted by molar-refractivity contribution is -0.277. The van der Waals surface area contributed by atoms with Gasteiger partial charge in [0.1, 0.15) is 30.2 Å². The molecule has 0 bridgehead atoms. The quantitative estimate of drug-likeness (QED) is 0.624. The number of aliphatic hydroxyl groups excluding tert-OH is 4.